The molecule has 0 saturated carbocycles. The van der Waals surface area contributed by atoms with Gasteiger partial charge in [-0.25, -0.2) is 4.98 Å². The highest BCUT2D eigenvalue weighted by atomic mass is 32.1. The summed E-state index contributed by atoms with van der Waals surface area (Å²) in [5, 5.41) is 10.6. The van der Waals surface area contributed by atoms with Gasteiger partial charge in [0, 0.05) is 12.3 Å². The van der Waals surface area contributed by atoms with Crippen molar-refractivity contribution in [1.82, 2.24) is 4.98 Å². The summed E-state index contributed by atoms with van der Waals surface area (Å²) in [6.07, 6.45) is 5.94. The van der Waals surface area contributed by atoms with E-state index < -0.39 is 4.92 Å². The van der Waals surface area contributed by atoms with E-state index in [4.69, 9.17) is 5.73 Å². The van der Waals surface area contributed by atoms with Crippen LogP contribution in [0.15, 0.2) is 18.3 Å². The standard InChI is InChI=1S/C9H11N3O2S/c10-9-8(12(13)14)5-7(6-11-9)3-1-2-4-15/h1,3,5-6,15H,2,4H2,(H2,10,11). The molecule has 0 radical (unpaired) electrons. The monoisotopic (exact) mass is 225 g/mol. The number of rotatable bonds is 4. The lowest BCUT2D eigenvalue weighted by Gasteiger charge is -1.97. The average molecular weight is 225 g/mol. The zero-order valence-electron chi connectivity index (χ0n) is 7.96. The lowest BCUT2D eigenvalue weighted by atomic mass is 10.2. The van der Waals surface area contributed by atoms with Crippen molar-refractivity contribution in [3.05, 3.63) is 34.0 Å². The molecule has 0 amide bonds. The molecule has 0 fully saturated rings. The minimum Gasteiger partial charge on any atom is -0.378 e. The quantitative estimate of drug-likeness (QED) is 0.466. The van der Waals surface area contributed by atoms with Gasteiger partial charge in [0.05, 0.1) is 4.92 Å². The number of nitrogens with zero attached hydrogens (tertiary/aromatic N) is 2. The molecule has 0 bridgehead atoms. The van der Waals surface area contributed by atoms with Gasteiger partial charge in [-0.05, 0) is 17.7 Å². The highest BCUT2D eigenvalue weighted by molar-refractivity contribution is 7.80. The third-order valence-corrected chi connectivity index (χ3v) is 1.98. The largest absolute Gasteiger partial charge is 0.378 e. The molecule has 6 heteroatoms. The first kappa shape index (κ1) is 11.5. The number of nitrogen functional groups attached to an aromatic ring is 1. The Morgan fingerprint density at radius 1 is 1.67 bits per heavy atom. The van der Waals surface area contributed by atoms with E-state index in [1.54, 1.807) is 6.08 Å². The summed E-state index contributed by atoms with van der Waals surface area (Å²) >= 11 is 4.04. The van der Waals surface area contributed by atoms with Crippen LogP contribution in [-0.2, 0) is 0 Å². The summed E-state index contributed by atoms with van der Waals surface area (Å²) < 4.78 is 0. The van der Waals surface area contributed by atoms with Crippen LogP contribution in [0.25, 0.3) is 6.08 Å². The van der Waals surface area contributed by atoms with Crippen molar-refractivity contribution in [1.29, 1.82) is 0 Å². The van der Waals surface area contributed by atoms with Crippen LogP contribution in [0.1, 0.15) is 12.0 Å². The number of thiol groups is 1. The number of hydrogen-bond acceptors (Lipinski definition) is 5. The number of aromatic nitrogens is 1. The zero-order chi connectivity index (χ0) is 11.3. The molecule has 2 N–H and O–H groups in total. The molecule has 1 aromatic heterocycles. The highest BCUT2D eigenvalue weighted by Gasteiger charge is 2.11. The minimum atomic E-state index is -0.543. The summed E-state index contributed by atoms with van der Waals surface area (Å²) in [5.74, 6) is 0.674. The first-order valence-electron chi connectivity index (χ1n) is 4.32. The Balaban J connectivity index is 2.92. The van der Waals surface area contributed by atoms with Crippen molar-refractivity contribution in [3.8, 4) is 0 Å². The van der Waals surface area contributed by atoms with Gasteiger partial charge in [-0.3, -0.25) is 10.1 Å². The number of pyridine rings is 1. The van der Waals surface area contributed by atoms with E-state index in [9.17, 15) is 10.1 Å². The van der Waals surface area contributed by atoms with Crippen LogP contribution in [0.5, 0.6) is 0 Å². The summed E-state index contributed by atoms with van der Waals surface area (Å²) in [4.78, 5) is 13.8. The molecule has 0 atom stereocenters. The first-order chi connectivity index (χ1) is 7.15. The molecule has 0 aliphatic carbocycles. The van der Waals surface area contributed by atoms with Gasteiger partial charge < -0.3 is 5.73 Å². The predicted molar refractivity (Wildman–Crippen MR) is 62.8 cm³/mol. The van der Waals surface area contributed by atoms with Crippen LogP contribution in [-0.4, -0.2) is 15.7 Å². The maximum absolute atomic E-state index is 10.6. The smallest absolute Gasteiger partial charge is 0.311 e. The van der Waals surface area contributed by atoms with Crippen LogP contribution in [0.2, 0.25) is 0 Å². The second-order valence-electron chi connectivity index (χ2n) is 2.84. The zero-order valence-corrected chi connectivity index (χ0v) is 8.85. The first-order valence-corrected chi connectivity index (χ1v) is 4.95. The van der Waals surface area contributed by atoms with Gasteiger partial charge in [0.15, 0.2) is 0 Å². The normalized spacial score (nSPS) is 10.7. The highest BCUT2D eigenvalue weighted by Crippen LogP contribution is 2.20. The lowest BCUT2D eigenvalue weighted by Crippen LogP contribution is -1.98. The van der Waals surface area contributed by atoms with Crippen molar-refractivity contribution < 1.29 is 4.92 Å². The van der Waals surface area contributed by atoms with Gasteiger partial charge in [-0.1, -0.05) is 12.2 Å². The SMILES string of the molecule is Nc1ncc(C=CCCS)cc1[N+](=O)[O-]. The second-order valence-corrected chi connectivity index (χ2v) is 3.29. The Labute approximate surface area is 92.6 Å². The summed E-state index contributed by atoms with van der Waals surface area (Å²) in [6.45, 7) is 0. The molecule has 5 nitrogen and oxygen atoms in total. The molecule has 1 heterocycles. The lowest BCUT2D eigenvalue weighted by molar-refractivity contribution is -0.384. The van der Waals surface area contributed by atoms with Crippen molar-refractivity contribution >= 4 is 30.2 Å². The molecule has 80 valence electrons. The molecule has 0 unspecified atom stereocenters. The molecular weight excluding hydrogens is 214 g/mol. The molecule has 0 saturated heterocycles. The summed E-state index contributed by atoms with van der Waals surface area (Å²) in [6, 6.07) is 1.40. The topological polar surface area (TPSA) is 82.0 Å². The van der Waals surface area contributed by atoms with Crippen molar-refractivity contribution in [2.75, 3.05) is 11.5 Å². The molecule has 1 aromatic rings. The summed E-state index contributed by atoms with van der Waals surface area (Å²) in [7, 11) is 0. The van der Waals surface area contributed by atoms with Crippen molar-refractivity contribution in [3.63, 3.8) is 0 Å². The van der Waals surface area contributed by atoms with Gasteiger partial charge in [0.25, 0.3) is 0 Å². The third kappa shape index (κ3) is 3.25. The van der Waals surface area contributed by atoms with Crippen molar-refractivity contribution in [2.45, 2.75) is 6.42 Å². The van der Waals surface area contributed by atoms with Gasteiger partial charge in [0.2, 0.25) is 5.82 Å². The van der Waals surface area contributed by atoms with E-state index in [1.807, 2.05) is 6.08 Å². The van der Waals surface area contributed by atoms with Crippen LogP contribution >= 0.6 is 12.6 Å². The Morgan fingerprint density at radius 3 is 3.00 bits per heavy atom. The van der Waals surface area contributed by atoms with Crippen LogP contribution < -0.4 is 5.73 Å². The van der Waals surface area contributed by atoms with Gasteiger partial charge in [-0.2, -0.15) is 12.6 Å². The van der Waals surface area contributed by atoms with Crippen LogP contribution in [0.4, 0.5) is 11.5 Å². The fraction of sp³-hybridized carbons (Fsp3) is 0.222. The van der Waals surface area contributed by atoms with E-state index >= 15 is 0 Å². The molecule has 0 aliphatic heterocycles. The van der Waals surface area contributed by atoms with Gasteiger partial charge >= 0.3 is 5.69 Å². The fourth-order valence-electron chi connectivity index (χ4n) is 1.01. The van der Waals surface area contributed by atoms with Crippen molar-refractivity contribution in [2.24, 2.45) is 0 Å². The average Bonchev–Trinajstić information content (AvgIpc) is 2.20. The Morgan fingerprint density at radius 2 is 2.40 bits per heavy atom. The predicted octanol–water partition coefficient (Wildman–Crippen LogP) is 1.91. The Hall–Kier alpha value is -1.56. The van der Waals surface area contributed by atoms with E-state index in [0.29, 0.717) is 5.56 Å². The minimum absolute atomic E-state index is 0.0636. The van der Waals surface area contributed by atoms with Crippen LogP contribution in [0, 0.1) is 10.1 Å². The molecule has 1 rings (SSSR count). The van der Waals surface area contributed by atoms with Gasteiger partial charge in [-0.15, -0.1) is 0 Å². The van der Waals surface area contributed by atoms with Gasteiger partial charge in [0.1, 0.15) is 0 Å². The molecule has 15 heavy (non-hydrogen) atoms. The third-order valence-electron chi connectivity index (χ3n) is 1.72. The number of hydrogen-bond donors (Lipinski definition) is 2. The maximum atomic E-state index is 10.6. The fourth-order valence-corrected chi connectivity index (χ4v) is 1.16. The number of nitrogens with two attached hydrogens (primary N) is 1. The number of allylic oxidation sites excluding steroid dienone is 1. The van der Waals surface area contributed by atoms with E-state index in [-0.39, 0.29) is 11.5 Å². The Kier molecular flexibility index (Phi) is 4.11. The molecular formula is C9H11N3O2S. The van der Waals surface area contributed by atoms with E-state index in [2.05, 4.69) is 17.6 Å². The molecule has 0 spiro atoms. The van der Waals surface area contributed by atoms with E-state index in [1.165, 1.54) is 12.3 Å². The molecule has 0 aliphatic rings. The number of anilines is 1. The molecule has 0 aromatic carbocycles. The maximum Gasteiger partial charge on any atom is 0.311 e. The van der Waals surface area contributed by atoms with Crippen LogP contribution in [0.3, 0.4) is 0 Å². The Bertz CT molecular complexity index is 393. The summed E-state index contributed by atoms with van der Waals surface area (Å²) in [5.41, 5.74) is 5.86. The van der Waals surface area contributed by atoms with E-state index in [0.717, 1.165) is 12.2 Å². The number of nitro groups is 1. The second kappa shape index (κ2) is 5.35.